The molecule has 0 bridgehead atoms. The van der Waals surface area contributed by atoms with Crippen LogP contribution in [0.2, 0.25) is 0 Å². The first-order valence-electron chi connectivity index (χ1n) is 7.91. The van der Waals surface area contributed by atoms with Crippen LogP contribution in [0.4, 0.5) is 0 Å². The van der Waals surface area contributed by atoms with Crippen LogP contribution in [0.3, 0.4) is 0 Å². The molecular weight excluding hydrogens is 354 g/mol. The number of thioether (sulfide) groups is 2. The summed E-state index contributed by atoms with van der Waals surface area (Å²) in [7, 11) is 1.35. The van der Waals surface area contributed by atoms with Crippen LogP contribution in [-0.2, 0) is 9.53 Å². The number of nitrogens with one attached hydrogen (secondary N) is 1. The molecule has 0 radical (unpaired) electrons. The van der Waals surface area contributed by atoms with Gasteiger partial charge < -0.3 is 10.1 Å². The number of ether oxygens (including phenoxy) is 1. The molecule has 0 aliphatic rings. The van der Waals surface area contributed by atoms with Gasteiger partial charge in [-0.05, 0) is 31.2 Å². The summed E-state index contributed by atoms with van der Waals surface area (Å²) in [6, 6.07) is 17.2. The van der Waals surface area contributed by atoms with E-state index in [1.807, 2.05) is 37.3 Å². The van der Waals surface area contributed by atoms with Crippen molar-refractivity contribution in [2.24, 2.45) is 0 Å². The van der Waals surface area contributed by atoms with Crippen molar-refractivity contribution in [3.05, 3.63) is 60.2 Å². The normalized spacial score (nSPS) is 11.6. The molecule has 0 fully saturated rings. The summed E-state index contributed by atoms with van der Waals surface area (Å²) < 4.78 is 4.78. The van der Waals surface area contributed by atoms with Gasteiger partial charge in [0.2, 0.25) is 5.91 Å². The Kier molecular flexibility index (Phi) is 7.88. The number of benzene rings is 2. The Labute approximate surface area is 156 Å². The maximum Gasteiger partial charge on any atom is 0.338 e. The second kappa shape index (κ2) is 10.2. The molecule has 0 saturated heterocycles. The van der Waals surface area contributed by atoms with E-state index in [-0.39, 0.29) is 11.2 Å². The summed E-state index contributed by atoms with van der Waals surface area (Å²) in [6.45, 7) is 2.43. The largest absolute Gasteiger partial charge is 0.465 e. The average Bonchev–Trinajstić information content (AvgIpc) is 2.65. The summed E-state index contributed by atoms with van der Waals surface area (Å²) in [4.78, 5) is 26.0. The molecule has 0 aromatic heterocycles. The highest BCUT2D eigenvalue weighted by atomic mass is 32.2. The van der Waals surface area contributed by atoms with Crippen LogP contribution in [0.15, 0.2) is 64.4 Å². The van der Waals surface area contributed by atoms with Gasteiger partial charge in [0.15, 0.2) is 0 Å². The topological polar surface area (TPSA) is 55.4 Å². The molecule has 2 aromatic rings. The third kappa shape index (κ3) is 6.14. The molecule has 25 heavy (non-hydrogen) atoms. The fourth-order valence-corrected chi connectivity index (χ4v) is 3.89. The third-order valence-electron chi connectivity index (χ3n) is 3.38. The lowest BCUT2D eigenvalue weighted by molar-refractivity contribution is -0.120. The van der Waals surface area contributed by atoms with Crippen molar-refractivity contribution >= 4 is 35.4 Å². The Hall–Kier alpha value is -1.92. The molecule has 4 nitrogen and oxygen atoms in total. The number of rotatable bonds is 8. The summed E-state index contributed by atoms with van der Waals surface area (Å²) in [5.41, 5.74) is 0.481. The molecule has 132 valence electrons. The van der Waals surface area contributed by atoms with Crippen LogP contribution in [0.25, 0.3) is 0 Å². The predicted octanol–water partition coefficient (Wildman–Crippen LogP) is 3.86. The molecule has 0 heterocycles. The van der Waals surface area contributed by atoms with E-state index in [0.717, 1.165) is 10.6 Å². The van der Waals surface area contributed by atoms with Gasteiger partial charge in [0, 0.05) is 22.1 Å². The Morgan fingerprint density at radius 1 is 1.08 bits per heavy atom. The molecular formula is C19H21NO3S2. The van der Waals surface area contributed by atoms with Gasteiger partial charge in [-0.2, -0.15) is 0 Å². The Morgan fingerprint density at radius 2 is 1.76 bits per heavy atom. The van der Waals surface area contributed by atoms with Gasteiger partial charge in [0.1, 0.15) is 0 Å². The molecule has 2 aromatic carbocycles. The molecule has 1 atom stereocenters. The quantitative estimate of drug-likeness (QED) is 0.431. The zero-order valence-corrected chi connectivity index (χ0v) is 15.9. The first kappa shape index (κ1) is 19.4. The van der Waals surface area contributed by atoms with Gasteiger partial charge in [0.05, 0.1) is 17.9 Å². The maximum absolute atomic E-state index is 12.3. The van der Waals surface area contributed by atoms with Crippen molar-refractivity contribution in [2.75, 3.05) is 19.4 Å². The SMILES string of the molecule is COC(=O)c1ccccc1S[C@H](C)C(=O)NCCSc1ccccc1. The van der Waals surface area contributed by atoms with E-state index >= 15 is 0 Å². The molecule has 0 saturated carbocycles. The number of carbonyl (C=O) groups excluding carboxylic acids is 2. The van der Waals surface area contributed by atoms with Crippen molar-refractivity contribution in [2.45, 2.75) is 22.0 Å². The number of hydrogen-bond acceptors (Lipinski definition) is 5. The van der Waals surface area contributed by atoms with E-state index in [1.54, 1.807) is 23.9 Å². The molecule has 2 rings (SSSR count). The third-order valence-corrected chi connectivity index (χ3v) is 5.57. The molecule has 1 N–H and O–H groups in total. The summed E-state index contributed by atoms with van der Waals surface area (Å²) in [5, 5.41) is 2.64. The van der Waals surface area contributed by atoms with Crippen molar-refractivity contribution < 1.29 is 14.3 Å². The van der Waals surface area contributed by atoms with E-state index in [4.69, 9.17) is 4.74 Å². The number of carbonyl (C=O) groups is 2. The molecule has 0 aliphatic carbocycles. The second-order valence-electron chi connectivity index (χ2n) is 5.20. The lowest BCUT2D eigenvalue weighted by Crippen LogP contribution is -2.32. The second-order valence-corrected chi connectivity index (χ2v) is 7.75. The molecule has 0 aliphatic heterocycles. The van der Waals surface area contributed by atoms with E-state index in [0.29, 0.717) is 12.1 Å². The first-order valence-corrected chi connectivity index (χ1v) is 9.78. The smallest absolute Gasteiger partial charge is 0.338 e. The van der Waals surface area contributed by atoms with E-state index in [9.17, 15) is 9.59 Å². The standard InChI is InChI=1S/C19H21NO3S2/c1-14(25-17-11-7-6-10-16(17)19(22)23-2)18(21)20-12-13-24-15-8-4-3-5-9-15/h3-11,14H,12-13H2,1-2H3,(H,20,21)/t14-/m1/s1. The minimum Gasteiger partial charge on any atom is -0.465 e. The maximum atomic E-state index is 12.3. The highest BCUT2D eigenvalue weighted by molar-refractivity contribution is 8.00. The zero-order chi connectivity index (χ0) is 18.1. The van der Waals surface area contributed by atoms with E-state index in [1.165, 1.54) is 23.8 Å². The highest BCUT2D eigenvalue weighted by Gasteiger charge is 2.18. The number of methoxy groups -OCH3 is 1. The summed E-state index contributed by atoms with van der Waals surface area (Å²) in [6.07, 6.45) is 0. The van der Waals surface area contributed by atoms with Crippen LogP contribution >= 0.6 is 23.5 Å². The minimum absolute atomic E-state index is 0.0432. The predicted molar refractivity (Wildman–Crippen MR) is 103 cm³/mol. The fraction of sp³-hybridized carbons (Fsp3) is 0.263. The van der Waals surface area contributed by atoms with Crippen LogP contribution in [0.5, 0.6) is 0 Å². The highest BCUT2D eigenvalue weighted by Crippen LogP contribution is 2.27. The summed E-state index contributed by atoms with van der Waals surface area (Å²) in [5.74, 6) is 0.375. The zero-order valence-electron chi connectivity index (χ0n) is 14.2. The minimum atomic E-state index is -0.394. The Morgan fingerprint density at radius 3 is 2.48 bits per heavy atom. The van der Waals surface area contributed by atoms with E-state index in [2.05, 4.69) is 17.4 Å². The molecule has 6 heteroatoms. The van der Waals surface area contributed by atoms with Crippen LogP contribution in [-0.4, -0.2) is 36.5 Å². The molecule has 0 unspecified atom stereocenters. The monoisotopic (exact) mass is 375 g/mol. The van der Waals surface area contributed by atoms with Gasteiger partial charge in [-0.3, -0.25) is 4.79 Å². The van der Waals surface area contributed by atoms with Gasteiger partial charge >= 0.3 is 5.97 Å². The number of hydrogen-bond donors (Lipinski definition) is 1. The van der Waals surface area contributed by atoms with Gasteiger partial charge in [-0.1, -0.05) is 30.3 Å². The molecule has 1 amide bonds. The van der Waals surface area contributed by atoms with Crippen LogP contribution in [0.1, 0.15) is 17.3 Å². The van der Waals surface area contributed by atoms with Crippen molar-refractivity contribution in [1.82, 2.24) is 5.32 Å². The van der Waals surface area contributed by atoms with E-state index < -0.39 is 5.97 Å². The lowest BCUT2D eigenvalue weighted by Gasteiger charge is -2.14. The Balaban J connectivity index is 1.81. The summed E-state index contributed by atoms with van der Waals surface area (Å²) >= 11 is 3.06. The van der Waals surface area contributed by atoms with Crippen molar-refractivity contribution in [1.29, 1.82) is 0 Å². The fourth-order valence-electron chi connectivity index (χ4n) is 2.10. The number of amides is 1. The average molecular weight is 376 g/mol. The van der Waals surface area contributed by atoms with Crippen LogP contribution < -0.4 is 5.32 Å². The molecule has 0 spiro atoms. The van der Waals surface area contributed by atoms with Crippen LogP contribution in [0, 0.1) is 0 Å². The lowest BCUT2D eigenvalue weighted by atomic mass is 10.2. The van der Waals surface area contributed by atoms with Gasteiger partial charge in [-0.25, -0.2) is 4.79 Å². The van der Waals surface area contributed by atoms with Crippen molar-refractivity contribution in [3.63, 3.8) is 0 Å². The Bertz CT molecular complexity index is 707. The first-order chi connectivity index (χ1) is 12.1. The van der Waals surface area contributed by atoms with Gasteiger partial charge in [0.25, 0.3) is 0 Å². The van der Waals surface area contributed by atoms with Gasteiger partial charge in [-0.15, -0.1) is 23.5 Å². The van der Waals surface area contributed by atoms with Crippen molar-refractivity contribution in [3.8, 4) is 0 Å². The number of esters is 1.